The molecule has 0 saturated carbocycles. The van der Waals surface area contributed by atoms with Gasteiger partial charge in [-0.25, -0.2) is 0 Å². The summed E-state index contributed by atoms with van der Waals surface area (Å²) in [5, 5.41) is 0. The van der Waals surface area contributed by atoms with Crippen molar-refractivity contribution < 1.29 is 9.53 Å². The van der Waals surface area contributed by atoms with Crippen molar-refractivity contribution in [2.45, 2.75) is 59.3 Å². The van der Waals surface area contributed by atoms with E-state index in [0.29, 0.717) is 6.61 Å². The molecule has 0 aromatic heterocycles. The molecule has 0 spiro atoms. The van der Waals surface area contributed by atoms with Crippen molar-refractivity contribution in [3.05, 3.63) is 0 Å². The van der Waals surface area contributed by atoms with E-state index in [1.165, 1.54) is 12.8 Å². The van der Waals surface area contributed by atoms with Crippen LogP contribution in [0.1, 0.15) is 59.3 Å². The Morgan fingerprint density at radius 2 is 1.79 bits per heavy atom. The number of carbonyl (C=O) groups excluding carboxylic acids is 1. The van der Waals surface area contributed by atoms with E-state index in [9.17, 15) is 4.79 Å². The van der Waals surface area contributed by atoms with Crippen molar-refractivity contribution in [3.8, 4) is 0 Å². The molecule has 14 heavy (non-hydrogen) atoms. The van der Waals surface area contributed by atoms with Crippen LogP contribution in [0.3, 0.4) is 0 Å². The molecule has 0 heterocycles. The zero-order valence-corrected chi connectivity index (χ0v) is 9.84. The Morgan fingerprint density at radius 3 is 2.29 bits per heavy atom. The van der Waals surface area contributed by atoms with Crippen LogP contribution in [0, 0.1) is 5.92 Å². The number of ether oxygens (including phenoxy) is 1. The van der Waals surface area contributed by atoms with Crippen molar-refractivity contribution >= 4 is 5.97 Å². The van der Waals surface area contributed by atoms with Crippen molar-refractivity contribution in [2.75, 3.05) is 6.61 Å². The molecule has 0 N–H and O–H groups in total. The Labute approximate surface area is 88.0 Å². The van der Waals surface area contributed by atoms with Crippen LogP contribution >= 0.6 is 0 Å². The Balaban J connectivity index is 3.81. The van der Waals surface area contributed by atoms with Crippen LogP contribution in [0.25, 0.3) is 0 Å². The van der Waals surface area contributed by atoms with Crippen LogP contribution < -0.4 is 0 Å². The normalized spacial score (nSPS) is 12.5. The van der Waals surface area contributed by atoms with E-state index in [-0.39, 0.29) is 11.9 Å². The van der Waals surface area contributed by atoms with Crippen LogP contribution in [-0.2, 0) is 9.53 Å². The number of hydrogen-bond donors (Lipinski definition) is 0. The Morgan fingerprint density at radius 1 is 1.07 bits per heavy atom. The lowest BCUT2D eigenvalue weighted by molar-refractivity contribution is -0.148. The molecule has 0 aromatic carbocycles. The molecule has 0 aliphatic rings. The van der Waals surface area contributed by atoms with Gasteiger partial charge in [-0.05, 0) is 19.8 Å². The molecule has 1 atom stereocenters. The van der Waals surface area contributed by atoms with Crippen molar-refractivity contribution in [1.29, 1.82) is 0 Å². The second-order valence-electron chi connectivity index (χ2n) is 3.73. The maximum atomic E-state index is 11.5. The Bertz CT molecular complexity index is 143. The fourth-order valence-corrected chi connectivity index (χ4v) is 1.63. The van der Waals surface area contributed by atoms with Gasteiger partial charge in [0, 0.05) is 0 Å². The molecule has 84 valence electrons. The second-order valence-corrected chi connectivity index (χ2v) is 3.73. The minimum Gasteiger partial charge on any atom is -0.466 e. The highest BCUT2D eigenvalue weighted by Gasteiger charge is 2.17. The summed E-state index contributed by atoms with van der Waals surface area (Å²) in [4.78, 5) is 11.5. The average molecular weight is 200 g/mol. The summed E-state index contributed by atoms with van der Waals surface area (Å²) in [5.41, 5.74) is 0. The Kier molecular flexibility index (Phi) is 8.70. The molecule has 0 bridgehead atoms. The highest BCUT2D eigenvalue weighted by atomic mass is 16.5. The molecule has 0 rings (SSSR count). The number of hydrogen-bond acceptors (Lipinski definition) is 2. The van der Waals surface area contributed by atoms with Crippen molar-refractivity contribution in [1.82, 2.24) is 0 Å². The van der Waals surface area contributed by atoms with Gasteiger partial charge < -0.3 is 4.74 Å². The van der Waals surface area contributed by atoms with Gasteiger partial charge >= 0.3 is 5.97 Å². The van der Waals surface area contributed by atoms with Crippen LogP contribution in [0.4, 0.5) is 0 Å². The highest BCUT2D eigenvalue weighted by molar-refractivity contribution is 5.72. The van der Waals surface area contributed by atoms with Gasteiger partial charge in [-0.3, -0.25) is 4.79 Å². The van der Waals surface area contributed by atoms with Crippen LogP contribution in [0.5, 0.6) is 0 Å². The van der Waals surface area contributed by atoms with Gasteiger partial charge in [0.2, 0.25) is 0 Å². The van der Waals surface area contributed by atoms with Gasteiger partial charge in [0.25, 0.3) is 0 Å². The van der Waals surface area contributed by atoms with Crippen LogP contribution in [0.2, 0.25) is 0 Å². The lowest BCUT2D eigenvalue weighted by Gasteiger charge is -2.13. The first-order valence-corrected chi connectivity index (χ1v) is 5.92. The quantitative estimate of drug-likeness (QED) is 0.442. The molecule has 0 aliphatic heterocycles. The number of rotatable bonds is 8. The summed E-state index contributed by atoms with van der Waals surface area (Å²) in [6.07, 6.45) is 6.62. The molecule has 0 amide bonds. The molecular formula is C12H24O2. The van der Waals surface area contributed by atoms with E-state index in [1.54, 1.807) is 0 Å². The summed E-state index contributed by atoms with van der Waals surface area (Å²) < 4.78 is 5.05. The predicted octanol–water partition coefficient (Wildman–Crippen LogP) is 3.55. The van der Waals surface area contributed by atoms with E-state index in [4.69, 9.17) is 4.74 Å². The lowest BCUT2D eigenvalue weighted by atomic mass is 9.97. The molecule has 0 saturated heterocycles. The third-order valence-corrected chi connectivity index (χ3v) is 2.41. The second kappa shape index (κ2) is 9.04. The van der Waals surface area contributed by atoms with E-state index in [0.717, 1.165) is 25.7 Å². The SMILES string of the molecule is CCCCCC(CCC)C(=O)OCC. The van der Waals surface area contributed by atoms with Gasteiger partial charge in [0.05, 0.1) is 12.5 Å². The molecule has 0 aliphatic carbocycles. The zero-order chi connectivity index (χ0) is 10.8. The molecule has 2 heteroatoms. The molecule has 0 fully saturated rings. The van der Waals surface area contributed by atoms with Gasteiger partial charge in [0.15, 0.2) is 0 Å². The first-order valence-electron chi connectivity index (χ1n) is 5.92. The fraction of sp³-hybridized carbons (Fsp3) is 0.917. The third-order valence-electron chi connectivity index (χ3n) is 2.41. The first kappa shape index (κ1) is 13.5. The van der Waals surface area contributed by atoms with Crippen molar-refractivity contribution in [3.63, 3.8) is 0 Å². The van der Waals surface area contributed by atoms with Crippen LogP contribution in [0.15, 0.2) is 0 Å². The van der Waals surface area contributed by atoms with Gasteiger partial charge in [-0.15, -0.1) is 0 Å². The lowest BCUT2D eigenvalue weighted by Crippen LogP contribution is -2.17. The van der Waals surface area contributed by atoms with E-state index < -0.39 is 0 Å². The summed E-state index contributed by atoms with van der Waals surface area (Å²) in [7, 11) is 0. The number of unbranched alkanes of at least 4 members (excludes halogenated alkanes) is 2. The highest BCUT2D eigenvalue weighted by Crippen LogP contribution is 2.17. The topological polar surface area (TPSA) is 26.3 Å². The maximum Gasteiger partial charge on any atom is 0.308 e. The smallest absolute Gasteiger partial charge is 0.308 e. The van der Waals surface area contributed by atoms with Crippen molar-refractivity contribution in [2.24, 2.45) is 5.92 Å². The molecule has 1 unspecified atom stereocenters. The monoisotopic (exact) mass is 200 g/mol. The molecule has 2 nitrogen and oxygen atoms in total. The average Bonchev–Trinajstić information content (AvgIpc) is 2.17. The summed E-state index contributed by atoms with van der Waals surface area (Å²) in [6, 6.07) is 0. The van der Waals surface area contributed by atoms with Gasteiger partial charge in [0.1, 0.15) is 0 Å². The third kappa shape index (κ3) is 6.01. The summed E-state index contributed by atoms with van der Waals surface area (Å²) >= 11 is 0. The minimum absolute atomic E-state index is 0.00505. The standard InChI is InChI=1S/C12H24O2/c1-4-7-8-10-11(9-5-2)12(13)14-6-3/h11H,4-10H2,1-3H3. The first-order chi connectivity index (χ1) is 6.76. The van der Waals surface area contributed by atoms with E-state index >= 15 is 0 Å². The van der Waals surface area contributed by atoms with Crippen LogP contribution in [-0.4, -0.2) is 12.6 Å². The predicted molar refractivity (Wildman–Crippen MR) is 59.2 cm³/mol. The molecule has 0 radical (unpaired) electrons. The zero-order valence-electron chi connectivity index (χ0n) is 9.84. The summed E-state index contributed by atoms with van der Waals surface area (Å²) in [5.74, 6) is 0.150. The fourth-order valence-electron chi connectivity index (χ4n) is 1.63. The number of carbonyl (C=O) groups is 1. The number of esters is 1. The largest absolute Gasteiger partial charge is 0.466 e. The van der Waals surface area contributed by atoms with E-state index in [1.807, 2.05) is 6.92 Å². The van der Waals surface area contributed by atoms with Gasteiger partial charge in [-0.1, -0.05) is 39.5 Å². The molecular weight excluding hydrogens is 176 g/mol. The minimum atomic E-state index is 0.00505. The van der Waals surface area contributed by atoms with Gasteiger partial charge in [-0.2, -0.15) is 0 Å². The van der Waals surface area contributed by atoms with E-state index in [2.05, 4.69) is 13.8 Å². The maximum absolute atomic E-state index is 11.5. The molecule has 0 aromatic rings. The summed E-state index contributed by atoms with van der Waals surface area (Å²) in [6.45, 7) is 6.67. The Hall–Kier alpha value is -0.530.